The summed E-state index contributed by atoms with van der Waals surface area (Å²) in [7, 11) is 0. The van der Waals surface area contributed by atoms with Gasteiger partial charge in [0.2, 0.25) is 0 Å². The Morgan fingerprint density at radius 3 is 2.78 bits per heavy atom. The molecule has 1 nitrogen and oxygen atoms in total. The number of allylic oxidation sites excluding steroid dienone is 4. The van der Waals surface area contributed by atoms with Gasteiger partial charge < -0.3 is 5.73 Å². The first-order chi connectivity index (χ1) is 8.51. The predicted molar refractivity (Wildman–Crippen MR) is 78.2 cm³/mol. The minimum Gasteiger partial charge on any atom is -0.398 e. The lowest BCUT2D eigenvalue weighted by Gasteiger charge is -2.41. The lowest BCUT2D eigenvalue weighted by atomic mass is 9.63. The van der Waals surface area contributed by atoms with Crippen molar-refractivity contribution in [2.24, 2.45) is 11.3 Å². The van der Waals surface area contributed by atoms with Crippen LogP contribution in [0.4, 0.5) is 5.69 Å². The molecule has 0 spiro atoms. The molecule has 1 unspecified atom stereocenters. The van der Waals surface area contributed by atoms with Crippen molar-refractivity contribution in [3.05, 3.63) is 47.1 Å². The number of nitrogen functional groups attached to an aromatic ring is 1. The van der Waals surface area contributed by atoms with Gasteiger partial charge in [0, 0.05) is 16.7 Å². The highest BCUT2D eigenvalue weighted by molar-refractivity contribution is 5.85. The molecule has 0 aromatic heterocycles. The second kappa shape index (κ2) is 3.74. The molecule has 2 bridgehead atoms. The summed E-state index contributed by atoms with van der Waals surface area (Å²) in [6.07, 6.45) is 6.90. The maximum absolute atomic E-state index is 6.20. The molecular weight excluding hydrogens is 218 g/mol. The van der Waals surface area contributed by atoms with E-state index >= 15 is 0 Å². The minimum absolute atomic E-state index is 0.239. The molecule has 0 fully saturated rings. The van der Waals surface area contributed by atoms with Crippen molar-refractivity contribution in [1.82, 2.24) is 0 Å². The Morgan fingerprint density at radius 2 is 2.06 bits per heavy atom. The summed E-state index contributed by atoms with van der Waals surface area (Å²) in [5, 5.41) is 0. The quantitative estimate of drug-likeness (QED) is 0.730. The first-order valence-corrected chi connectivity index (χ1v) is 6.81. The molecule has 2 aliphatic rings. The van der Waals surface area contributed by atoms with Crippen LogP contribution in [0.25, 0.3) is 5.57 Å². The number of anilines is 1. The zero-order valence-corrected chi connectivity index (χ0v) is 11.5. The van der Waals surface area contributed by atoms with Crippen molar-refractivity contribution in [3.8, 4) is 0 Å². The molecule has 1 heteroatoms. The molecule has 2 aliphatic carbocycles. The Hall–Kier alpha value is -1.50. The minimum atomic E-state index is 0.239. The van der Waals surface area contributed by atoms with Gasteiger partial charge >= 0.3 is 0 Å². The number of hydrogen-bond donors (Lipinski definition) is 1. The summed E-state index contributed by atoms with van der Waals surface area (Å²) in [5.41, 5.74) is 13.0. The third kappa shape index (κ3) is 1.53. The zero-order chi connectivity index (χ0) is 12.9. The molecular formula is C17H21N. The van der Waals surface area contributed by atoms with E-state index in [1.807, 2.05) is 0 Å². The van der Waals surface area contributed by atoms with E-state index in [1.54, 1.807) is 0 Å². The van der Waals surface area contributed by atoms with Crippen LogP contribution in [0.1, 0.15) is 38.3 Å². The van der Waals surface area contributed by atoms with Gasteiger partial charge in [0.05, 0.1) is 0 Å². The summed E-state index contributed by atoms with van der Waals surface area (Å²) in [4.78, 5) is 0. The van der Waals surface area contributed by atoms with Crippen LogP contribution in [0.5, 0.6) is 0 Å². The van der Waals surface area contributed by atoms with E-state index in [0.717, 1.165) is 18.5 Å². The summed E-state index contributed by atoms with van der Waals surface area (Å²) < 4.78 is 0. The van der Waals surface area contributed by atoms with Crippen molar-refractivity contribution in [2.45, 2.75) is 33.6 Å². The van der Waals surface area contributed by atoms with E-state index in [2.05, 4.69) is 51.1 Å². The van der Waals surface area contributed by atoms with Gasteiger partial charge in [0.15, 0.2) is 0 Å². The molecule has 0 radical (unpaired) electrons. The van der Waals surface area contributed by atoms with Crippen molar-refractivity contribution in [3.63, 3.8) is 0 Å². The monoisotopic (exact) mass is 239 g/mol. The zero-order valence-electron chi connectivity index (χ0n) is 11.5. The maximum atomic E-state index is 6.20. The fourth-order valence-corrected chi connectivity index (χ4v) is 3.48. The van der Waals surface area contributed by atoms with Gasteiger partial charge in [-0.2, -0.15) is 0 Å². The van der Waals surface area contributed by atoms with Gasteiger partial charge in [-0.15, -0.1) is 0 Å². The standard InChI is InChI=1S/C17H21N/c1-11(2)13-5-4-8-17(3)10-12-6-7-15(18)14(9-12)16(13)17/h4-7,9,11H,8,10,18H2,1-3H3. The van der Waals surface area contributed by atoms with Gasteiger partial charge in [-0.3, -0.25) is 0 Å². The van der Waals surface area contributed by atoms with E-state index in [-0.39, 0.29) is 5.41 Å². The van der Waals surface area contributed by atoms with Crippen LogP contribution in [0.15, 0.2) is 35.9 Å². The average Bonchev–Trinajstić information content (AvgIpc) is 2.31. The van der Waals surface area contributed by atoms with E-state index in [4.69, 9.17) is 5.73 Å². The van der Waals surface area contributed by atoms with Crippen LogP contribution < -0.4 is 5.73 Å². The number of hydrogen-bond acceptors (Lipinski definition) is 1. The Morgan fingerprint density at radius 1 is 1.28 bits per heavy atom. The van der Waals surface area contributed by atoms with Crippen LogP contribution in [0, 0.1) is 11.3 Å². The molecule has 94 valence electrons. The molecule has 0 heterocycles. The highest BCUT2D eigenvalue weighted by Gasteiger charge is 2.37. The van der Waals surface area contributed by atoms with Crippen LogP contribution >= 0.6 is 0 Å². The molecule has 1 aromatic rings. The Bertz CT molecular complexity index is 563. The Kier molecular flexibility index (Phi) is 2.41. The predicted octanol–water partition coefficient (Wildman–Crippen LogP) is 4.20. The molecule has 2 N–H and O–H groups in total. The lowest BCUT2D eigenvalue weighted by Crippen LogP contribution is -2.28. The Labute approximate surface area is 109 Å². The second-order valence-corrected chi connectivity index (χ2v) is 6.25. The first kappa shape index (κ1) is 11.6. The maximum Gasteiger partial charge on any atom is 0.0390 e. The summed E-state index contributed by atoms with van der Waals surface area (Å²) in [5.74, 6) is 0.553. The van der Waals surface area contributed by atoms with Crippen molar-refractivity contribution < 1.29 is 0 Å². The van der Waals surface area contributed by atoms with Crippen molar-refractivity contribution in [2.75, 3.05) is 5.73 Å². The summed E-state index contributed by atoms with van der Waals surface area (Å²) in [6.45, 7) is 6.92. The smallest absolute Gasteiger partial charge is 0.0390 e. The molecule has 18 heavy (non-hydrogen) atoms. The third-order valence-electron chi connectivity index (χ3n) is 4.36. The molecule has 1 aromatic carbocycles. The van der Waals surface area contributed by atoms with Crippen molar-refractivity contribution in [1.29, 1.82) is 0 Å². The molecule has 0 amide bonds. The fourth-order valence-electron chi connectivity index (χ4n) is 3.48. The van der Waals surface area contributed by atoms with E-state index < -0.39 is 0 Å². The van der Waals surface area contributed by atoms with Crippen LogP contribution in [-0.4, -0.2) is 0 Å². The van der Waals surface area contributed by atoms with E-state index in [9.17, 15) is 0 Å². The van der Waals surface area contributed by atoms with Gasteiger partial charge in [-0.25, -0.2) is 0 Å². The van der Waals surface area contributed by atoms with Gasteiger partial charge in [-0.05, 0) is 47.6 Å². The SMILES string of the molecule is CC(C)C1=C2c3cc(ccc3N)CC2(C)CC=C1. The summed E-state index contributed by atoms with van der Waals surface area (Å²) >= 11 is 0. The number of rotatable bonds is 1. The Balaban J connectivity index is 2.31. The van der Waals surface area contributed by atoms with E-state index in [1.165, 1.54) is 22.3 Å². The average molecular weight is 239 g/mol. The topological polar surface area (TPSA) is 26.0 Å². The normalized spacial score (nSPS) is 25.6. The number of fused-ring (bicyclic) bond motifs is 4. The van der Waals surface area contributed by atoms with Crippen LogP contribution in [-0.2, 0) is 6.42 Å². The molecule has 0 saturated carbocycles. The van der Waals surface area contributed by atoms with Gasteiger partial charge in [0.25, 0.3) is 0 Å². The molecule has 1 atom stereocenters. The van der Waals surface area contributed by atoms with Gasteiger partial charge in [0.1, 0.15) is 0 Å². The summed E-state index contributed by atoms with van der Waals surface area (Å²) in [6, 6.07) is 6.52. The first-order valence-electron chi connectivity index (χ1n) is 6.81. The molecule has 0 saturated heterocycles. The third-order valence-corrected chi connectivity index (χ3v) is 4.36. The lowest BCUT2D eigenvalue weighted by molar-refractivity contribution is 0.434. The van der Waals surface area contributed by atoms with E-state index in [0.29, 0.717) is 5.92 Å². The molecule has 0 aliphatic heterocycles. The highest BCUT2D eigenvalue weighted by Crippen LogP contribution is 2.51. The number of nitrogens with two attached hydrogens (primary N) is 1. The number of benzene rings is 1. The molecule has 3 rings (SSSR count). The van der Waals surface area contributed by atoms with Crippen LogP contribution in [0.3, 0.4) is 0 Å². The van der Waals surface area contributed by atoms with Crippen LogP contribution in [0.2, 0.25) is 0 Å². The second-order valence-electron chi connectivity index (χ2n) is 6.25. The van der Waals surface area contributed by atoms with Crippen molar-refractivity contribution >= 4 is 11.3 Å². The highest BCUT2D eigenvalue weighted by atomic mass is 14.6. The fraction of sp³-hybridized carbons (Fsp3) is 0.412. The van der Waals surface area contributed by atoms with Gasteiger partial charge in [-0.1, -0.05) is 39.0 Å². The largest absolute Gasteiger partial charge is 0.398 e.